The number of carbonyl (C=O) groups excluding carboxylic acids is 1. The number of hydrogen-bond donors (Lipinski definition) is 0. The largest absolute Gasteiger partial charge is 0.314 e. The molecule has 3 nitrogen and oxygen atoms in total. The van der Waals surface area contributed by atoms with Gasteiger partial charge in [-0.2, -0.15) is 0 Å². The lowest BCUT2D eigenvalue weighted by molar-refractivity contribution is -0.107. The molecule has 0 N–H and O–H groups in total. The summed E-state index contributed by atoms with van der Waals surface area (Å²) in [5.74, 6) is 2.59. The molecule has 118 valence electrons. The van der Waals surface area contributed by atoms with Gasteiger partial charge in [0.15, 0.2) is 0 Å². The SMILES string of the molecule is C#Cc1ccc2c(=O)n(C)c(CC=O)c(-c3ccc(Cl)cc3)c2c1. The Hall–Kier alpha value is -2.83. The van der Waals surface area contributed by atoms with Crippen molar-refractivity contribution in [2.24, 2.45) is 7.05 Å². The lowest BCUT2D eigenvalue weighted by atomic mass is 9.94. The molecule has 0 spiro atoms. The van der Waals surface area contributed by atoms with Gasteiger partial charge in [-0.3, -0.25) is 4.79 Å². The van der Waals surface area contributed by atoms with Crippen LogP contribution < -0.4 is 5.56 Å². The predicted octanol–water partition coefficient (Wildman–Crippen LogP) is 3.58. The number of rotatable bonds is 3. The average molecular weight is 336 g/mol. The highest BCUT2D eigenvalue weighted by Crippen LogP contribution is 2.32. The van der Waals surface area contributed by atoms with Crippen molar-refractivity contribution in [2.75, 3.05) is 0 Å². The van der Waals surface area contributed by atoms with Gasteiger partial charge < -0.3 is 9.36 Å². The van der Waals surface area contributed by atoms with Crippen molar-refractivity contribution in [1.82, 2.24) is 4.57 Å². The normalized spacial score (nSPS) is 10.5. The molecule has 0 amide bonds. The van der Waals surface area contributed by atoms with E-state index in [0.717, 1.165) is 22.8 Å². The van der Waals surface area contributed by atoms with E-state index in [1.54, 1.807) is 31.3 Å². The monoisotopic (exact) mass is 335 g/mol. The molecule has 3 rings (SSSR count). The molecule has 0 unspecified atom stereocenters. The van der Waals surface area contributed by atoms with Crippen molar-refractivity contribution >= 4 is 28.7 Å². The number of benzene rings is 2. The highest BCUT2D eigenvalue weighted by molar-refractivity contribution is 6.30. The van der Waals surface area contributed by atoms with E-state index in [9.17, 15) is 9.59 Å². The van der Waals surface area contributed by atoms with Crippen LogP contribution in [-0.2, 0) is 18.3 Å². The molecule has 0 bridgehead atoms. The summed E-state index contributed by atoms with van der Waals surface area (Å²) >= 11 is 5.98. The van der Waals surface area contributed by atoms with E-state index in [0.29, 0.717) is 21.7 Å². The number of pyridine rings is 1. The Balaban J connectivity index is 2.51. The number of carbonyl (C=O) groups is 1. The Morgan fingerprint density at radius 1 is 1.17 bits per heavy atom. The summed E-state index contributed by atoms with van der Waals surface area (Å²) in [4.78, 5) is 23.8. The van der Waals surface area contributed by atoms with Crippen LogP contribution in [0.25, 0.3) is 21.9 Å². The summed E-state index contributed by atoms with van der Waals surface area (Å²) in [5.41, 5.74) is 2.89. The first-order chi connectivity index (χ1) is 11.6. The van der Waals surface area contributed by atoms with E-state index in [-0.39, 0.29) is 12.0 Å². The van der Waals surface area contributed by atoms with Crippen LogP contribution in [0.3, 0.4) is 0 Å². The Bertz CT molecular complexity index is 1040. The third kappa shape index (κ3) is 2.62. The van der Waals surface area contributed by atoms with Crippen LogP contribution in [0.4, 0.5) is 0 Å². The van der Waals surface area contributed by atoms with E-state index < -0.39 is 0 Å². The minimum Gasteiger partial charge on any atom is -0.314 e. The molecule has 2 aromatic carbocycles. The van der Waals surface area contributed by atoms with Gasteiger partial charge in [-0.25, -0.2) is 0 Å². The summed E-state index contributed by atoms with van der Waals surface area (Å²) in [6, 6.07) is 12.6. The van der Waals surface area contributed by atoms with E-state index in [1.807, 2.05) is 18.2 Å². The molecule has 1 aromatic heterocycles. The number of nitrogens with zero attached hydrogens (tertiary/aromatic N) is 1. The number of terminal acetylenes is 1. The Morgan fingerprint density at radius 2 is 1.88 bits per heavy atom. The second kappa shape index (κ2) is 6.35. The smallest absolute Gasteiger partial charge is 0.258 e. The van der Waals surface area contributed by atoms with E-state index >= 15 is 0 Å². The van der Waals surface area contributed by atoms with E-state index in [1.165, 1.54) is 4.57 Å². The zero-order valence-corrected chi connectivity index (χ0v) is 13.8. The number of aromatic nitrogens is 1. The van der Waals surface area contributed by atoms with Gasteiger partial charge in [0.25, 0.3) is 5.56 Å². The Morgan fingerprint density at radius 3 is 2.50 bits per heavy atom. The molecule has 24 heavy (non-hydrogen) atoms. The number of aldehydes is 1. The lowest BCUT2D eigenvalue weighted by Crippen LogP contribution is -2.22. The summed E-state index contributed by atoms with van der Waals surface area (Å²) in [5, 5.41) is 1.93. The van der Waals surface area contributed by atoms with Gasteiger partial charge in [0.05, 0.1) is 0 Å². The first kappa shape index (κ1) is 16.0. The van der Waals surface area contributed by atoms with Crippen LogP contribution in [0, 0.1) is 12.3 Å². The van der Waals surface area contributed by atoms with E-state index in [2.05, 4.69) is 5.92 Å². The standard InChI is InChI=1S/C20H14ClNO2/c1-3-13-4-9-16-17(12-13)19(14-5-7-15(21)8-6-14)18(10-11-23)22(2)20(16)24/h1,4-9,11-12H,10H2,2H3. The number of hydrogen-bond acceptors (Lipinski definition) is 2. The van der Waals surface area contributed by atoms with Gasteiger partial charge in [0, 0.05) is 40.7 Å². The maximum Gasteiger partial charge on any atom is 0.258 e. The zero-order chi connectivity index (χ0) is 17.3. The molecule has 0 aliphatic heterocycles. The van der Waals surface area contributed by atoms with Gasteiger partial charge in [0.2, 0.25) is 0 Å². The minimum absolute atomic E-state index is 0.139. The quantitative estimate of drug-likeness (QED) is 0.542. The van der Waals surface area contributed by atoms with Crippen molar-refractivity contribution in [2.45, 2.75) is 6.42 Å². The summed E-state index contributed by atoms with van der Waals surface area (Å²) in [7, 11) is 1.68. The molecule has 0 aliphatic carbocycles. The second-order valence-electron chi connectivity index (χ2n) is 5.47. The average Bonchev–Trinajstić information content (AvgIpc) is 2.60. The molecule has 0 radical (unpaired) electrons. The molecule has 0 atom stereocenters. The Kier molecular flexibility index (Phi) is 4.24. The first-order valence-electron chi connectivity index (χ1n) is 7.38. The van der Waals surface area contributed by atoms with Crippen molar-refractivity contribution in [1.29, 1.82) is 0 Å². The van der Waals surface area contributed by atoms with Crippen LogP contribution in [0.15, 0.2) is 47.3 Å². The highest BCUT2D eigenvalue weighted by Gasteiger charge is 2.16. The maximum atomic E-state index is 12.6. The van der Waals surface area contributed by atoms with Crippen LogP contribution in [0.5, 0.6) is 0 Å². The molecule has 3 aromatic rings. The fourth-order valence-corrected chi connectivity index (χ4v) is 3.04. The maximum absolute atomic E-state index is 12.6. The van der Waals surface area contributed by atoms with Gasteiger partial charge in [-0.05, 0) is 41.3 Å². The summed E-state index contributed by atoms with van der Waals surface area (Å²) < 4.78 is 1.52. The molecule has 0 saturated carbocycles. The van der Waals surface area contributed by atoms with Crippen molar-refractivity contribution < 1.29 is 4.79 Å². The molecular formula is C20H14ClNO2. The van der Waals surface area contributed by atoms with Gasteiger partial charge in [-0.1, -0.05) is 29.7 Å². The molecule has 0 saturated heterocycles. The molecule has 0 fully saturated rings. The third-order valence-corrected chi connectivity index (χ3v) is 4.35. The van der Waals surface area contributed by atoms with E-state index in [4.69, 9.17) is 18.0 Å². The molecule has 1 heterocycles. The summed E-state index contributed by atoms with van der Waals surface area (Å²) in [6.45, 7) is 0. The second-order valence-corrected chi connectivity index (χ2v) is 5.90. The van der Waals surface area contributed by atoms with Crippen molar-refractivity contribution in [3.8, 4) is 23.5 Å². The highest BCUT2D eigenvalue weighted by atomic mass is 35.5. The fourth-order valence-electron chi connectivity index (χ4n) is 2.91. The van der Waals surface area contributed by atoms with Crippen LogP contribution in [0.2, 0.25) is 5.02 Å². The van der Waals surface area contributed by atoms with Crippen LogP contribution >= 0.6 is 11.6 Å². The van der Waals surface area contributed by atoms with Crippen LogP contribution in [-0.4, -0.2) is 10.9 Å². The minimum atomic E-state index is -0.150. The van der Waals surface area contributed by atoms with Gasteiger partial charge in [-0.15, -0.1) is 6.42 Å². The molecule has 0 aliphatic rings. The zero-order valence-electron chi connectivity index (χ0n) is 13.0. The van der Waals surface area contributed by atoms with Crippen molar-refractivity contribution in [3.05, 3.63) is 69.1 Å². The number of fused-ring (bicyclic) bond motifs is 1. The number of halogens is 1. The fraction of sp³-hybridized carbons (Fsp3) is 0.100. The van der Waals surface area contributed by atoms with Crippen LogP contribution in [0.1, 0.15) is 11.3 Å². The first-order valence-corrected chi connectivity index (χ1v) is 7.76. The third-order valence-electron chi connectivity index (χ3n) is 4.09. The summed E-state index contributed by atoms with van der Waals surface area (Å²) in [6.07, 6.45) is 6.44. The van der Waals surface area contributed by atoms with Crippen molar-refractivity contribution in [3.63, 3.8) is 0 Å². The van der Waals surface area contributed by atoms with Gasteiger partial charge in [0.1, 0.15) is 6.29 Å². The lowest BCUT2D eigenvalue weighted by Gasteiger charge is -2.16. The molecule has 4 heteroatoms. The Labute approximate surface area is 144 Å². The molecular weight excluding hydrogens is 322 g/mol. The topological polar surface area (TPSA) is 39.1 Å². The predicted molar refractivity (Wildman–Crippen MR) is 97.3 cm³/mol. The van der Waals surface area contributed by atoms with Gasteiger partial charge >= 0.3 is 0 Å².